The number of carboxylic acids is 1. The van der Waals surface area contributed by atoms with Crippen LogP contribution >= 0.6 is 0 Å². The quantitative estimate of drug-likeness (QED) is 0.140. The number of rotatable bonds is 24. The number of unbranched alkanes of at least 4 members (excludes halogenated alkanes) is 17. The van der Waals surface area contributed by atoms with Crippen molar-refractivity contribution in [2.75, 3.05) is 0 Å². The molecule has 0 aliphatic rings. The van der Waals surface area contributed by atoms with E-state index in [2.05, 4.69) is 6.92 Å². The van der Waals surface area contributed by atoms with Gasteiger partial charge in [-0.2, -0.15) is 0 Å². The topological polar surface area (TPSA) is 77.8 Å². The maximum Gasteiger partial charge on any atom is 0.303 e. The van der Waals surface area contributed by atoms with Gasteiger partial charge in [-0.15, -0.1) is 0 Å². The van der Waals surface area contributed by atoms with Crippen LogP contribution in [0.25, 0.3) is 0 Å². The van der Waals surface area contributed by atoms with E-state index in [1.807, 2.05) is 0 Å². The highest BCUT2D eigenvalue weighted by Crippen LogP contribution is 2.16. The van der Waals surface area contributed by atoms with E-state index in [0.717, 1.165) is 25.7 Å². The number of aliphatic hydroxyl groups excluding tert-OH is 2. The van der Waals surface area contributed by atoms with Gasteiger partial charge >= 0.3 is 5.97 Å². The van der Waals surface area contributed by atoms with Crippen molar-refractivity contribution >= 4 is 5.97 Å². The molecule has 0 saturated heterocycles. The standard InChI is InChI=1S/C26H52O4/c1-2-3-4-5-6-7-8-9-10-11-12-13-14-15-16-18-21-24(27)25(28)22-19-17-20-23-26(29)30/h24-25,27-28H,2-23H2,1H3,(H,29,30). The smallest absolute Gasteiger partial charge is 0.303 e. The summed E-state index contributed by atoms with van der Waals surface area (Å²) in [6.45, 7) is 2.27. The van der Waals surface area contributed by atoms with E-state index in [4.69, 9.17) is 5.11 Å². The van der Waals surface area contributed by atoms with Crippen LogP contribution in [0.15, 0.2) is 0 Å². The second kappa shape index (κ2) is 23.1. The van der Waals surface area contributed by atoms with E-state index in [9.17, 15) is 15.0 Å². The Morgan fingerprint density at radius 3 is 1.17 bits per heavy atom. The number of hydrogen-bond acceptors (Lipinski definition) is 3. The first-order valence-corrected chi connectivity index (χ1v) is 13.2. The monoisotopic (exact) mass is 428 g/mol. The van der Waals surface area contributed by atoms with Crippen LogP contribution in [0.5, 0.6) is 0 Å². The lowest BCUT2D eigenvalue weighted by Gasteiger charge is -2.17. The van der Waals surface area contributed by atoms with Gasteiger partial charge in [-0.25, -0.2) is 0 Å². The molecule has 30 heavy (non-hydrogen) atoms. The van der Waals surface area contributed by atoms with Crippen molar-refractivity contribution in [3.63, 3.8) is 0 Å². The number of carbonyl (C=O) groups is 1. The first-order valence-electron chi connectivity index (χ1n) is 13.2. The maximum absolute atomic E-state index is 10.4. The Labute approximate surface area is 186 Å². The Hall–Kier alpha value is -0.610. The minimum atomic E-state index is -0.765. The minimum absolute atomic E-state index is 0.192. The van der Waals surface area contributed by atoms with Crippen LogP contribution in [0.1, 0.15) is 148 Å². The Kier molecular flexibility index (Phi) is 22.6. The molecule has 0 radical (unpaired) electrons. The Balaban J connectivity index is 3.26. The van der Waals surface area contributed by atoms with Gasteiger partial charge in [0.1, 0.15) is 0 Å². The van der Waals surface area contributed by atoms with Crippen molar-refractivity contribution in [2.24, 2.45) is 0 Å². The molecule has 0 rings (SSSR count). The fourth-order valence-corrected chi connectivity index (χ4v) is 4.09. The summed E-state index contributed by atoms with van der Waals surface area (Å²) in [7, 11) is 0. The molecule has 0 bridgehead atoms. The Morgan fingerprint density at radius 1 is 0.533 bits per heavy atom. The summed E-state index contributed by atoms with van der Waals surface area (Å²) in [5, 5.41) is 28.6. The van der Waals surface area contributed by atoms with Crippen molar-refractivity contribution < 1.29 is 20.1 Å². The molecular formula is C26H52O4. The zero-order valence-corrected chi connectivity index (χ0v) is 20.0. The first-order chi connectivity index (χ1) is 14.6. The highest BCUT2D eigenvalue weighted by atomic mass is 16.4. The molecule has 2 atom stereocenters. The first kappa shape index (κ1) is 29.4. The van der Waals surface area contributed by atoms with Gasteiger partial charge in [0, 0.05) is 6.42 Å². The molecule has 4 nitrogen and oxygen atoms in total. The molecule has 180 valence electrons. The molecule has 0 aromatic heterocycles. The lowest BCUT2D eigenvalue weighted by Crippen LogP contribution is -2.25. The third-order valence-electron chi connectivity index (χ3n) is 6.19. The fraction of sp³-hybridized carbons (Fsp3) is 0.962. The molecule has 0 aliphatic carbocycles. The predicted molar refractivity (Wildman–Crippen MR) is 127 cm³/mol. The van der Waals surface area contributed by atoms with E-state index < -0.39 is 18.2 Å². The third-order valence-corrected chi connectivity index (χ3v) is 6.19. The van der Waals surface area contributed by atoms with Gasteiger partial charge in [-0.3, -0.25) is 4.79 Å². The fourth-order valence-electron chi connectivity index (χ4n) is 4.09. The van der Waals surface area contributed by atoms with E-state index in [0.29, 0.717) is 19.3 Å². The predicted octanol–water partition coefficient (Wildman–Crippen LogP) is 7.39. The summed E-state index contributed by atoms with van der Waals surface area (Å²) in [5.41, 5.74) is 0. The van der Waals surface area contributed by atoms with E-state index >= 15 is 0 Å². The van der Waals surface area contributed by atoms with Crippen LogP contribution in [-0.4, -0.2) is 33.5 Å². The second-order valence-corrected chi connectivity index (χ2v) is 9.22. The summed E-state index contributed by atoms with van der Waals surface area (Å²) >= 11 is 0. The number of aliphatic hydroxyl groups is 2. The molecule has 0 fully saturated rings. The molecule has 4 heteroatoms. The van der Waals surface area contributed by atoms with E-state index in [1.165, 1.54) is 89.9 Å². The van der Waals surface area contributed by atoms with Gasteiger partial charge in [0.15, 0.2) is 0 Å². The van der Waals surface area contributed by atoms with Gasteiger partial charge in [-0.1, -0.05) is 122 Å². The van der Waals surface area contributed by atoms with Crippen molar-refractivity contribution in [3.05, 3.63) is 0 Å². The third kappa shape index (κ3) is 22.1. The maximum atomic E-state index is 10.4. The highest BCUT2D eigenvalue weighted by molar-refractivity contribution is 5.66. The average Bonchev–Trinajstić information content (AvgIpc) is 2.72. The van der Waals surface area contributed by atoms with Crippen molar-refractivity contribution in [2.45, 2.75) is 160 Å². The molecule has 0 aliphatic heterocycles. The molecule has 0 aromatic rings. The van der Waals surface area contributed by atoms with Crippen LogP contribution in [-0.2, 0) is 4.79 Å². The SMILES string of the molecule is CCCCCCCCCCCCCCCCCCC(O)C(O)CCCCCC(=O)O. The largest absolute Gasteiger partial charge is 0.481 e. The molecule has 3 N–H and O–H groups in total. The second-order valence-electron chi connectivity index (χ2n) is 9.22. The van der Waals surface area contributed by atoms with Crippen molar-refractivity contribution in [1.82, 2.24) is 0 Å². The van der Waals surface area contributed by atoms with Crippen LogP contribution in [0.4, 0.5) is 0 Å². The summed E-state index contributed by atoms with van der Waals surface area (Å²) in [6, 6.07) is 0. The molecule has 0 spiro atoms. The molecule has 0 aromatic carbocycles. The molecule has 2 unspecified atom stereocenters. The summed E-state index contributed by atoms with van der Waals surface area (Å²) in [4.78, 5) is 10.4. The highest BCUT2D eigenvalue weighted by Gasteiger charge is 2.15. The minimum Gasteiger partial charge on any atom is -0.481 e. The zero-order chi connectivity index (χ0) is 22.3. The molecule has 0 heterocycles. The lowest BCUT2D eigenvalue weighted by atomic mass is 9.99. The average molecular weight is 429 g/mol. The van der Waals surface area contributed by atoms with Gasteiger partial charge in [0.25, 0.3) is 0 Å². The zero-order valence-electron chi connectivity index (χ0n) is 20.0. The Morgan fingerprint density at radius 2 is 0.833 bits per heavy atom. The lowest BCUT2D eigenvalue weighted by molar-refractivity contribution is -0.137. The number of carboxylic acid groups (broad SMARTS) is 1. The van der Waals surface area contributed by atoms with Gasteiger partial charge in [0.05, 0.1) is 12.2 Å². The normalized spacial score (nSPS) is 13.4. The van der Waals surface area contributed by atoms with Crippen LogP contribution in [0.2, 0.25) is 0 Å². The summed E-state index contributed by atoms with van der Waals surface area (Å²) in [6.07, 6.45) is 23.8. The molecule has 0 amide bonds. The van der Waals surface area contributed by atoms with Crippen molar-refractivity contribution in [3.8, 4) is 0 Å². The number of hydrogen-bond donors (Lipinski definition) is 3. The van der Waals surface area contributed by atoms with Crippen LogP contribution < -0.4 is 0 Å². The van der Waals surface area contributed by atoms with Gasteiger partial charge in [-0.05, 0) is 19.3 Å². The van der Waals surface area contributed by atoms with Gasteiger partial charge in [0.2, 0.25) is 0 Å². The van der Waals surface area contributed by atoms with Crippen LogP contribution in [0, 0.1) is 0 Å². The number of aliphatic carboxylic acids is 1. The van der Waals surface area contributed by atoms with Crippen LogP contribution in [0.3, 0.4) is 0 Å². The Bertz CT molecular complexity index is 359. The molecular weight excluding hydrogens is 376 g/mol. The summed E-state index contributed by atoms with van der Waals surface area (Å²) in [5.74, 6) is -0.765. The van der Waals surface area contributed by atoms with E-state index in [-0.39, 0.29) is 6.42 Å². The van der Waals surface area contributed by atoms with E-state index in [1.54, 1.807) is 0 Å². The summed E-state index contributed by atoms with van der Waals surface area (Å²) < 4.78 is 0. The molecule has 0 saturated carbocycles. The van der Waals surface area contributed by atoms with Gasteiger partial charge < -0.3 is 15.3 Å². The van der Waals surface area contributed by atoms with Crippen molar-refractivity contribution in [1.29, 1.82) is 0 Å².